The zero-order chi connectivity index (χ0) is 34.6. The van der Waals surface area contributed by atoms with Crippen LogP contribution in [-0.2, 0) is 16.0 Å². The minimum atomic E-state index is -1.24. The van der Waals surface area contributed by atoms with Gasteiger partial charge in [-0.15, -0.1) is 0 Å². The van der Waals surface area contributed by atoms with E-state index in [1.165, 1.54) is 13.1 Å². The number of carbonyl (C=O) groups excluding carboxylic acids is 4. The molecule has 254 valence electrons. The summed E-state index contributed by atoms with van der Waals surface area (Å²) in [4.78, 5) is 54.2. The van der Waals surface area contributed by atoms with Crippen molar-refractivity contribution in [3.8, 4) is 0 Å². The molecule has 0 heterocycles. The zero-order valence-electron chi connectivity index (χ0n) is 27.9. The van der Waals surface area contributed by atoms with Crippen LogP contribution in [0.4, 0.5) is 13.6 Å². The Kier molecular flexibility index (Phi) is 14.6. The quantitative estimate of drug-likeness (QED) is 0.259. The molecule has 12 heteroatoms. The molecule has 4 amide bonds. The van der Waals surface area contributed by atoms with Crippen molar-refractivity contribution in [2.45, 2.75) is 85.0 Å². The highest BCUT2D eigenvalue weighted by Gasteiger charge is 2.25. The van der Waals surface area contributed by atoms with Crippen molar-refractivity contribution in [2.24, 2.45) is 0 Å². The minimum absolute atomic E-state index is 0.0141. The number of aliphatic hydroxyl groups is 1. The third-order valence-corrected chi connectivity index (χ3v) is 6.87. The Morgan fingerprint density at radius 2 is 1.52 bits per heavy atom. The van der Waals surface area contributed by atoms with Crippen LogP contribution < -0.4 is 10.6 Å². The van der Waals surface area contributed by atoms with Gasteiger partial charge in [0.15, 0.2) is 0 Å². The lowest BCUT2D eigenvalue weighted by atomic mass is 9.97. The summed E-state index contributed by atoms with van der Waals surface area (Å²) in [6.45, 7) is 11.7. The number of hydrogen-bond acceptors (Lipinski definition) is 6. The van der Waals surface area contributed by atoms with E-state index in [1.54, 1.807) is 44.7 Å². The van der Waals surface area contributed by atoms with Crippen LogP contribution in [0.3, 0.4) is 0 Å². The molecule has 0 fully saturated rings. The Bertz CT molecular complexity index is 1340. The average molecular weight is 647 g/mol. The molecule has 2 rings (SSSR count). The summed E-state index contributed by atoms with van der Waals surface area (Å²) in [6.07, 6.45) is -0.481. The van der Waals surface area contributed by atoms with Gasteiger partial charge in [0, 0.05) is 43.9 Å². The number of aliphatic hydroxyl groups excluding tert-OH is 1. The molecule has 0 saturated carbocycles. The molecule has 0 spiro atoms. The van der Waals surface area contributed by atoms with Crippen molar-refractivity contribution in [1.82, 2.24) is 20.4 Å². The predicted molar refractivity (Wildman–Crippen MR) is 171 cm³/mol. The van der Waals surface area contributed by atoms with Crippen LogP contribution in [0.5, 0.6) is 0 Å². The number of nitrogens with one attached hydrogen (secondary N) is 2. The van der Waals surface area contributed by atoms with Gasteiger partial charge in [-0.05, 0) is 94.8 Å². The molecule has 2 aromatic rings. The molecule has 2 aromatic carbocycles. The average Bonchev–Trinajstić information content (AvgIpc) is 2.94. The molecule has 2 unspecified atom stereocenters. The van der Waals surface area contributed by atoms with E-state index in [4.69, 9.17) is 4.74 Å². The summed E-state index contributed by atoms with van der Waals surface area (Å²) in [5.41, 5.74) is 0.718. The number of halogens is 2. The number of likely N-dealkylation sites (N-methyl/N-ethyl adjacent to an activating group) is 1. The maximum absolute atomic E-state index is 14.0. The van der Waals surface area contributed by atoms with Crippen molar-refractivity contribution in [1.29, 1.82) is 0 Å². The van der Waals surface area contributed by atoms with Gasteiger partial charge in [-0.2, -0.15) is 0 Å². The fraction of sp³-hybridized carbons (Fsp3) is 0.529. The van der Waals surface area contributed by atoms with Gasteiger partial charge in [-0.3, -0.25) is 14.4 Å². The Morgan fingerprint density at radius 1 is 0.935 bits per heavy atom. The topological polar surface area (TPSA) is 128 Å². The lowest BCUT2D eigenvalue weighted by Crippen LogP contribution is -2.46. The Labute approximate surface area is 270 Å². The highest BCUT2D eigenvalue weighted by molar-refractivity contribution is 6.00. The molecule has 0 radical (unpaired) electrons. The minimum Gasteiger partial charge on any atom is -0.444 e. The van der Waals surface area contributed by atoms with Crippen LogP contribution >= 0.6 is 0 Å². The number of rotatable bonds is 15. The third-order valence-electron chi connectivity index (χ3n) is 6.87. The molecule has 0 aromatic heterocycles. The van der Waals surface area contributed by atoms with Crippen molar-refractivity contribution in [2.75, 3.05) is 33.2 Å². The van der Waals surface area contributed by atoms with Crippen LogP contribution in [-0.4, -0.2) is 89.7 Å². The number of benzene rings is 2. The van der Waals surface area contributed by atoms with E-state index in [0.29, 0.717) is 24.2 Å². The van der Waals surface area contributed by atoms with Gasteiger partial charge in [0.05, 0.1) is 12.1 Å². The van der Waals surface area contributed by atoms with E-state index in [2.05, 4.69) is 10.6 Å². The molecule has 3 N–H and O–H groups in total. The van der Waals surface area contributed by atoms with Gasteiger partial charge in [-0.1, -0.05) is 13.8 Å². The SMILES string of the molecule is CCCN(CCC)C(=O)c1cc(C)cc(C(=O)NC(Cc2cc(F)cc(F)c2)C(O)CCNC(=O)CN(C)C(=O)OC(C)(C)C)c1. The standard InChI is InChI=1S/C34H48F2N4O6/c1-8-12-40(13-9-2)32(44)25-15-22(3)14-24(19-25)31(43)38-28(18-23-16-26(35)20-27(36)17-23)29(41)10-11-37-30(42)21-39(7)33(45)46-34(4,5)6/h14-17,19-20,28-29,41H,8-13,18,21H2,1-7H3,(H,37,42)(H,38,43). The number of nitrogens with zero attached hydrogens (tertiary/aromatic N) is 2. The number of aryl methyl sites for hydroxylation is 1. The van der Waals surface area contributed by atoms with E-state index in [1.807, 2.05) is 13.8 Å². The molecule has 0 bridgehead atoms. The highest BCUT2D eigenvalue weighted by Crippen LogP contribution is 2.17. The largest absolute Gasteiger partial charge is 0.444 e. The van der Waals surface area contributed by atoms with Crippen LogP contribution in [0.15, 0.2) is 36.4 Å². The number of hydrogen-bond donors (Lipinski definition) is 3. The summed E-state index contributed by atoms with van der Waals surface area (Å²) in [7, 11) is 1.42. The number of carbonyl (C=O) groups is 4. The molecule has 0 aliphatic rings. The molecule has 46 heavy (non-hydrogen) atoms. The normalized spacial score (nSPS) is 12.6. The van der Waals surface area contributed by atoms with E-state index in [-0.39, 0.29) is 43.0 Å². The van der Waals surface area contributed by atoms with E-state index in [9.17, 15) is 33.1 Å². The van der Waals surface area contributed by atoms with Gasteiger partial charge in [0.25, 0.3) is 11.8 Å². The fourth-order valence-corrected chi connectivity index (χ4v) is 4.83. The van der Waals surface area contributed by atoms with Crippen LogP contribution in [0.1, 0.15) is 85.7 Å². The second-order valence-corrected chi connectivity index (χ2v) is 12.5. The number of ether oxygens (including phenoxy) is 1. The monoisotopic (exact) mass is 646 g/mol. The maximum atomic E-state index is 14.0. The van der Waals surface area contributed by atoms with Crippen LogP contribution in [0.25, 0.3) is 0 Å². The first-order valence-electron chi connectivity index (χ1n) is 15.6. The molecular formula is C34H48F2N4O6. The van der Waals surface area contributed by atoms with Crippen molar-refractivity contribution in [3.63, 3.8) is 0 Å². The van der Waals surface area contributed by atoms with Gasteiger partial charge in [0.2, 0.25) is 5.91 Å². The Hall–Kier alpha value is -4.06. The predicted octanol–water partition coefficient (Wildman–Crippen LogP) is 4.61. The zero-order valence-corrected chi connectivity index (χ0v) is 27.9. The van der Waals surface area contributed by atoms with E-state index >= 15 is 0 Å². The smallest absolute Gasteiger partial charge is 0.410 e. The van der Waals surface area contributed by atoms with Crippen LogP contribution in [0, 0.1) is 18.6 Å². The summed E-state index contributed by atoms with van der Waals surface area (Å²) in [6, 6.07) is 6.76. The molecule has 0 saturated heterocycles. The first-order valence-corrected chi connectivity index (χ1v) is 15.6. The second kappa shape index (κ2) is 17.6. The Balaban J connectivity index is 2.20. The lowest BCUT2D eigenvalue weighted by Gasteiger charge is -2.26. The Morgan fingerprint density at radius 3 is 2.09 bits per heavy atom. The first-order chi connectivity index (χ1) is 21.5. The summed E-state index contributed by atoms with van der Waals surface area (Å²) in [5, 5.41) is 16.5. The van der Waals surface area contributed by atoms with Crippen molar-refractivity contribution >= 4 is 23.8 Å². The molecular weight excluding hydrogens is 598 g/mol. The molecule has 10 nitrogen and oxygen atoms in total. The molecule has 0 aliphatic heterocycles. The summed E-state index contributed by atoms with van der Waals surface area (Å²) in [5.74, 6) is -2.88. The fourth-order valence-electron chi connectivity index (χ4n) is 4.83. The van der Waals surface area contributed by atoms with Gasteiger partial charge in [0.1, 0.15) is 23.8 Å². The number of amides is 4. The van der Waals surface area contributed by atoms with Gasteiger partial charge >= 0.3 is 6.09 Å². The van der Waals surface area contributed by atoms with Gasteiger partial charge in [-0.25, -0.2) is 13.6 Å². The summed E-state index contributed by atoms with van der Waals surface area (Å²) < 4.78 is 33.2. The van der Waals surface area contributed by atoms with Crippen molar-refractivity contribution < 1.29 is 37.8 Å². The van der Waals surface area contributed by atoms with Crippen LogP contribution in [0.2, 0.25) is 0 Å². The lowest BCUT2D eigenvalue weighted by molar-refractivity contribution is -0.122. The molecule has 2 atom stereocenters. The maximum Gasteiger partial charge on any atom is 0.410 e. The van der Waals surface area contributed by atoms with Crippen molar-refractivity contribution in [3.05, 3.63) is 70.3 Å². The third kappa shape index (κ3) is 12.7. The first kappa shape index (κ1) is 38.1. The second-order valence-electron chi connectivity index (χ2n) is 12.5. The van der Waals surface area contributed by atoms with Gasteiger partial charge < -0.3 is 30.3 Å². The summed E-state index contributed by atoms with van der Waals surface area (Å²) >= 11 is 0. The van der Waals surface area contributed by atoms with E-state index in [0.717, 1.165) is 35.9 Å². The molecule has 0 aliphatic carbocycles. The highest BCUT2D eigenvalue weighted by atomic mass is 19.1. The van der Waals surface area contributed by atoms with E-state index < -0.39 is 47.3 Å².